The van der Waals surface area contributed by atoms with Gasteiger partial charge in [0.05, 0.1) is 23.7 Å². The van der Waals surface area contributed by atoms with Crippen molar-refractivity contribution in [1.82, 2.24) is 9.97 Å². The summed E-state index contributed by atoms with van der Waals surface area (Å²) in [7, 11) is 0. The van der Waals surface area contributed by atoms with Gasteiger partial charge >= 0.3 is 0 Å². The number of nitrogens with one attached hydrogen (secondary N) is 1. The van der Waals surface area contributed by atoms with E-state index in [1.165, 1.54) is 10.4 Å². The fourth-order valence-electron chi connectivity index (χ4n) is 2.76. The largest absolute Gasteiger partial charge is 0.392 e. The van der Waals surface area contributed by atoms with Gasteiger partial charge in [0.2, 0.25) is 0 Å². The maximum atomic E-state index is 9.64. The highest BCUT2D eigenvalue weighted by molar-refractivity contribution is 7.99. The second-order valence-corrected chi connectivity index (χ2v) is 9.79. The van der Waals surface area contributed by atoms with E-state index in [0.717, 1.165) is 27.6 Å². The number of aliphatic hydroxyl groups is 1. The van der Waals surface area contributed by atoms with E-state index >= 15 is 0 Å². The summed E-state index contributed by atoms with van der Waals surface area (Å²) in [6.45, 7) is 11.4. The number of aliphatic hydroxyl groups excluding tert-OH is 1. The van der Waals surface area contributed by atoms with Crippen LogP contribution in [0.4, 0.5) is 5.82 Å². The zero-order valence-electron chi connectivity index (χ0n) is 14.8. The molecule has 0 bridgehead atoms. The Morgan fingerprint density at radius 2 is 2.08 bits per heavy atom. The maximum absolute atomic E-state index is 9.64. The third kappa shape index (κ3) is 3.85. The summed E-state index contributed by atoms with van der Waals surface area (Å²) in [5.74, 6) is 0.833. The average molecular weight is 368 g/mol. The molecule has 1 unspecified atom stereocenters. The lowest BCUT2D eigenvalue weighted by Crippen LogP contribution is -2.31. The molecule has 5 nitrogen and oxygen atoms in total. The van der Waals surface area contributed by atoms with Gasteiger partial charge in [-0.15, -0.1) is 11.3 Å². The molecule has 2 aromatic heterocycles. The predicted octanol–water partition coefficient (Wildman–Crippen LogP) is 3.84. The minimum Gasteiger partial charge on any atom is -0.392 e. The van der Waals surface area contributed by atoms with E-state index < -0.39 is 6.10 Å². The van der Waals surface area contributed by atoms with Crippen molar-refractivity contribution in [3.8, 4) is 0 Å². The molecular formula is C17H25N3O2S2. The molecule has 0 amide bonds. The molecule has 3 rings (SSSR count). The third-order valence-electron chi connectivity index (χ3n) is 3.82. The van der Waals surface area contributed by atoms with Crippen LogP contribution in [0.15, 0.2) is 5.16 Å². The van der Waals surface area contributed by atoms with Crippen LogP contribution in [0.25, 0.3) is 10.2 Å². The van der Waals surface area contributed by atoms with Gasteiger partial charge in [-0.1, -0.05) is 25.6 Å². The van der Waals surface area contributed by atoms with Gasteiger partial charge < -0.3 is 15.2 Å². The molecule has 3 heterocycles. The molecule has 132 valence electrons. The lowest BCUT2D eigenvalue weighted by Gasteiger charge is -2.30. The van der Waals surface area contributed by atoms with Crippen molar-refractivity contribution in [1.29, 1.82) is 0 Å². The summed E-state index contributed by atoms with van der Waals surface area (Å²) in [5.41, 5.74) is 1.12. The number of thioether (sulfide) groups is 1. The summed E-state index contributed by atoms with van der Waals surface area (Å²) in [5, 5.41) is 15.3. The number of thiophene rings is 1. The molecule has 0 saturated heterocycles. The molecule has 2 N–H and O–H groups in total. The van der Waals surface area contributed by atoms with Crippen molar-refractivity contribution in [2.24, 2.45) is 0 Å². The normalized spacial score (nSPS) is 18.0. The maximum Gasteiger partial charge on any atom is 0.191 e. The quantitative estimate of drug-likeness (QED) is 0.618. The number of hydrogen-bond acceptors (Lipinski definition) is 7. The summed E-state index contributed by atoms with van der Waals surface area (Å²) in [4.78, 5) is 11.8. The van der Waals surface area contributed by atoms with Crippen molar-refractivity contribution in [3.63, 3.8) is 0 Å². The summed E-state index contributed by atoms with van der Waals surface area (Å²) < 4.78 is 5.95. The van der Waals surface area contributed by atoms with Crippen LogP contribution in [-0.2, 0) is 17.8 Å². The molecule has 24 heavy (non-hydrogen) atoms. The SMILES string of the molecule is CC(O)CNc1nc(SC(C)C)nc2sc3c(c12)CC(C)(C)OC3. The molecule has 0 radical (unpaired) electrons. The van der Waals surface area contributed by atoms with Gasteiger partial charge in [-0.3, -0.25) is 0 Å². The molecule has 1 atom stereocenters. The minimum atomic E-state index is -0.426. The first-order valence-corrected chi connectivity index (χ1v) is 9.99. The lowest BCUT2D eigenvalue weighted by atomic mass is 9.94. The fourth-order valence-corrected chi connectivity index (χ4v) is 4.63. The van der Waals surface area contributed by atoms with Crippen LogP contribution < -0.4 is 5.32 Å². The molecule has 1 aliphatic rings. The minimum absolute atomic E-state index is 0.173. The van der Waals surface area contributed by atoms with Gasteiger partial charge in [0.25, 0.3) is 0 Å². The van der Waals surface area contributed by atoms with Gasteiger partial charge in [0, 0.05) is 23.1 Å². The third-order valence-corrected chi connectivity index (χ3v) is 5.78. The Hall–Kier alpha value is -0.890. The monoisotopic (exact) mass is 367 g/mol. The van der Waals surface area contributed by atoms with E-state index in [1.807, 2.05) is 0 Å². The van der Waals surface area contributed by atoms with Crippen molar-refractivity contribution in [3.05, 3.63) is 10.4 Å². The molecule has 7 heteroatoms. The van der Waals surface area contributed by atoms with E-state index in [-0.39, 0.29) is 5.60 Å². The zero-order valence-corrected chi connectivity index (χ0v) is 16.5. The number of nitrogens with zero attached hydrogens (tertiary/aromatic N) is 2. The second-order valence-electron chi connectivity index (χ2n) is 7.16. The van der Waals surface area contributed by atoms with Gasteiger partial charge in [0.15, 0.2) is 5.16 Å². The van der Waals surface area contributed by atoms with Crippen LogP contribution in [0.1, 0.15) is 45.1 Å². The molecular weight excluding hydrogens is 342 g/mol. The van der Waals surface area contributed by atoms with E-state index in [9.17, 15) is 5.11 Å². The molecule has 1 aliphatic heterocycles. The number of aromatic nitrogens is 2. The van der Waals surface area contributed by atoms with E-state index in [4.69, 9.17) is 14.7 Å². The van der Waals surface area contributed by atoms with Crippen LogP contribution in [0.2, 0.25) is 0 Å². The first-order chi connectivity index (χ1) is 11.2. The first kappa shape index (κ1) is 17.9. The Morgan fingerprint density at radius 3 is 2.75 bits per heavy atom. The fraction of sp³-hybridized carbons (Fsp3) is 0.647. The van der Waals surface area contributed by atoms with Crippen LogP contribution in [-0.4, -0.2) is 38.6 Å². The Balaban J connectivity index is 2.10. The molecule has 0 fully saturated rings. The average Bonchev–Trinajstić information content (AvgIpc) is 2.80. The zero-order chi connectivity index (χ0) is 17.5. The highest BCUT2D eigenvalue weighted by Gasteiger charge is 2.31. The Bertz CT molecular complexity index is 741. The summed E-state index contributed by atoms with van der Waals surface area (Å²) in [6.07, 6.45) is 0.427. The standard InChI is InChI=1S/C17H25N3O2S2/c1-9(2)23-16-19-14(18-7-10(3)21)13-11-6-17(4,5)22-8-12(11)24-15(13)20-16/h9-10,21H,6-8H2,1-5H3,(H,18,19,20). The van der Waals surface area contributed by atoms with Crippen LogP contribution in [0, 0.1) is 0 Å². The number of ether oxygens (including phenoxy) is 1. The number of rotatable bonds is 5. The lowest BCUT2D eigenvalue weighted by molar-refractivity contribution is -0.0379. The number of fused-ring (bicyclic) bond motifs is 3. The van der Waals surface area contributed by atoms with Gasteiger partial charge in [-0.2, -0.15) is 0 Å². The molecule has 0 saturated carbocycles. The second kappa shape index (κ2) is 6.78. The Labute approximate surface area is 151 Å². The van der Waals surface area contributed by atoms with Gasteiger partial charge in [-0.05, 0) is 26.3 Å². The van der Waals surface area contributed by atoms with Crippen LogP contribution in [0.3, 0.4) is 0 Å². The predicted molar refractivity (Wildman–Crippen MR) is 101 cm³/mol. The number of anilines is 1. The van der Waals surface area contributed by atoms with Crippen LogP contribution >= 0.6 is 23.1 Å². The Kier molecular flexibility index (Phi) is 5.06. The van der Waals surface area contributed by atoms with Crippen LogP contribution in [0.5, 0.6) is 0 Å². The van der Waals surface area contributed by atoms with E-state index in [2.05, 4.69) is 33.0 Å². The Morgan fingerprint density at radius 1 is 1.33 bits per heavy atom. The highest BCUT2D eigenvalue weighted by Crippen LogP contribution is 2.41. The van der Waals surface area contributed by atoms with Gasteiger partial charge in [-0.25, -0.2) is 9.97 Å². The molecule has 0 spiro atoms. The number of hydrogen-bond donors (Lipinski definition) is 2. The smallest absolute Gasteiger partial charge is 0.191 e. The molecule has 2 aromatic rings. The van der Waals surface area contributed by atoms with Crippen molar-refractivity contribution in [2.45, 2.75) is 69.8 Å². The van der Waals surface area contributed by atoms with Crippen molar-refractivity contribution in [2.75, 3.05) is 11.9 Å². The highest BCUT2D eigenvalue weighted by atomic mass is 32.2. The van der Waals surface area contributed by atoms with Gasteiger partial charge in [0.1, 0.15) is 10.6 Å². The summed E-state index contributed by atoms with van der Waals surface area (Å²) >= 11 is 3.36. The first-order valence-electron chi connectivity index (χ1n) is 8.30. The van der Waals surface area contributed by atoms with E-state index in [0.29, 0.717) is 18.4 Å². The van der Waals surface area contributed by atoms with Crippen molar-refractivity contribution < 1.29 is 9.84 Å². The topological polar surface area (TPSA) is 67.3 Å². The van der Waals surface area contributed by atoms with E-state index in [1.54, 1.807) is 30.0 Å². The summed E-state index contributed by atoms with van der Waals surface area (Å²) in [6, 6.07) is 0. The van der Waals surface area contributed by atoms with Crippen molar-refractivity contribution >= 4 is 39.1 Å². The molecule has 0 aliphatic carbocycles. The molecule has 0 aromatic carbocycles.